The minimum Gasteiger partial charge on any atom is -0.462 e. The van der Waals surface area contributed by atoms with Crippen molar-refractivity contribution in [3.8, 4) is 0 Å². The van der Waals surface area contributed by atoms with Gasteiger partial charge in [-0.15, -0.1) is 0 Å². The molecule has 1 aliphatic carbocycles. The number of hydrogen-bond donors (Lipinski definition) is 1. The fourth-order valence-electron chi connectivity index (χ4n) is 2.73. The van der Waals surface area contributed by atoms with E-state index in [1.165, 1.54) is 0 Å². The van der Waals surface area contributed by atoms with E-state index in [-0.39, 0.29) is 0 Å². The van der Waals surface area contributed by atoms with Crippen molar-refractivity contribution in [2.75, 3.05) is 11.3 Å². The number of fused-ring (bicyclic) bond motifs is 1. The van der Waals surface area contributed by atoms with Gasteiger partial charge in [0.05, 0.1) is 17.1 Å². The second kappa shape index (κ2) is 7.11. The van der Waals surface area contributed by atoms with Gasteiger partial charge in [-0.3, -0.25) is 4.72 Å². The summed E-state index contributed by atoms with van der Waals surface area (Å²) in [5, 5.41) is 0. The molecule has 130 valence electrons. The monoisotopic (exact) mass is 357 g/mol. The van der Waals surface area contributed by atoms with Crippen molar-refractivity contribution in [1.29, 1.82) is 0 Å². The van der Waals surface area contributed by atoms with Gasteiger partial charge in [0.2, 0.25) is 0 Å². The number of esters is 1. The number of allylic oxidation sites excluding steroid dienone is 1. The average Bonchev–Trinajstić information content (AvgIpc) is 2.62. The lowest BCUT2D eigenvalue weighted by Gasteiger charge is -2.17. The van der Waals surface area contributed by atoms with E-state index in [4.69, 9.17) is 4.74 Å². The van der Waals surface area contributed by atoms with Crippen molar-refractivity contribution in [2.45, 2.75) is 19.8 Å². The standard InChI is InChI=1S/C19H19NO4S/c1-2-24-19(21)15-7-10-17(11-8-15)20-25(22,23)18-12-9-14-5-3-4-6-16(14)13-18/h3-8,10-11,13,20H,2,9,12H2,1H3. The van der Waals surface area contributed by atoms with Crippen LogP contribution in [0.2, 0.25) is 0 Å². The van der Waals surface area contributed by atoms with Gasteiger partial charge in [-0.2, -0.15) is 0 Å². The molecule has 6 heteroatoms. The molecule has 0 amide bonds. The molecule has 0 saturated carbocycles. The van der Waals surface area contributed by atoms with Crippen LogP contribution in [0.25, 0.3) is 6.08 Å². The number of hydrogen-bond acceptors (Lipinski definition) is 4. The van der Waals surface area contributed by atoms with Crippen molar-refractivity contribution in [1.82, 2.24) is 0 Å². The summed E-state index contributed by atoms with van der Waals surface area (Å²) in [6, 6.07) is 14.0. The predicted octanol–water partition coefficient (Wildman–Crippen LogP) is 3.59. The number of sulfonamides is 1. The van der Waals surface area contributed by atoms with E-state index in [1.807, 2.05) is 24.3 Å². The van der Waals surface area contributed by atoms with Crippen LogP contribution in [0.3, 0.4) is 0 Å². The highest BCUT2D eigenvalue weighted by Crippen LogP contribution is 2.28. The van der Waals surface area contributed by atoms with Crippen LogP contribution in [0.5, 0.6) is 0 Å². The van der Waals surface area contributed by atoms with Crippen molar-refractivity contribution in [2.24, 2.45) is 0 Å². The Balaban J connectivity index is 1.78. The molecule has 0 bridgehead atoms. The number of carbonyl (C=O) groups excluding carboxylic acids is 1. The van der Waals surface area contributed by atoms with E-state index < -0.39 is 16.0 Å². The molecular formula is C19H19NO4S. The lowest BCUT2D eigenvalue weighted by atomic mass is 9.98. The van der Waals surface area contributed by atoms with Gasteiger partial charge in [-0.05, 0) is 61.2 Å². The number of benzene rings is 2. The maximum absolute atomic E-state index is 12.6. The molecule has 2 aromatic rings. The van der Waals surface area contributed by atoms with E-state index in [0.29, 0.717) is 35.6 Å². The molecule has 1 N–H and O–H groups in total. The summed E-state index contributed by atoms with van der Waals surface area (Å²) in [6.45, 7) is 2.03. The SMILES string of the molecule is CCOC(=O)c1ccc(NS(=O)(=O)C2=Cc3ccccc3CC2)cc1. The molecule has 0 heterocycles. The zero-order valence-electron chi connectivity index (χ0n) is 13.9. The van der Waals surface area contributed by atoms with E-state index in [9.17, 15) is 13.2 Å². The molecule has 0 unspecified atom stereocenters. The second-order valence-electron chi connectivity index (χ2n) is 5.71. The first-order valence-electron chi connectivity index (χ1n) is 8.08. The first-order chi connectivity index (χ1) is 12.0. The molecule has 0 atom stereocenters. The molecule has 0 saturated heterocycles. The first kappa shape index (κ1) is 17.2. The number of anilines is 1. The molecule has 0 aromatic heterocycles. The average molecular weight is 357 g/mol. The Morgan fingerprint density at radius 1 is 1.08 bits per heavy atom. The van der Waals surface area contributed by atoms with Crippen LogP contribution in [0.1, 0.15) is 34.8 Å². The van der Waals surface area contributed by atoms with Gasteiger partial charge in [-0.25, -0.2) is 13.2 Å². The van der Waals surface area contributed by atoms with Crippen molar-refractivity contribution in [3.63, 3.8) is 0 Å². The highest BCUT2D eigenvalue weighted by Gasteiger charge is 2.21. The number of nitrogens with one attached hydrogen (secondary N) is 1. The van der Waals surface area contributed by atoms with Gasteiger partial charge in [-0.1, -0.05) is 24.3 Å². The van der Waals surface area contributed by atoms with Gasteiger partial charge in [0.1, 0.15) is 0 Å². The summed E-state index contributed by atoms with van der Waals surface area (Å²) in [5.41, 5.74) is 2.88. The lowest BCUT2D eigenvalue weighted by Crippen LogP contribution is -2.17. The highest BCUT2D eigenvalue weighted by atomic mass is 32.2. The summed E-state index contributed by atoms with van der Waals surface area (Å²) in [4.78, 5) is 12.0. The highest BCUT2D eigenvalue weighted by molar-refractivity contribution is 7.96. The van der Waals surface area contributed by atoms with Crippen LogP contribution in [-0.2, 0) is 21.2 Å². The second-order valence-corrected chi connectivity index (χ2v) is 7.45. The molecule has 3 rings (SSSR count). The van der Waals surface area contributed by atoms with Gasteiger partial charge in [0.15, 0.2) is 0 Å². The zero-order valence-corrected chi connectivity index (χ0v) is 14.7. The number of rotatable bonds is 5. The Kier molecular flexibility index (Phi) is 4.90. The number of aryl methyl sites for hydroxylation is 1. The summed E-state index contributed by atoms with van der Waals surface area (Å²) >= 11 is 0. The summed E-state index contributed by atoms with van der Waals surface area (Å²) in [5.74, 6) is -0.427. The van der Waals surface area contributed by atoms with Gasteiger partial charge in [0.25, 0.3) is 10.0 Å². The molecule has 0 fully saturated rings. The zero-order chi connectivity index (χ0) is 17.9. The minimum atomic E-state index is -3.63. The maximum Gasteiger partial charge on any atom is 0.338 e. The summed E-state index contributed by atoms with van der Waals surface area (Å²) < 4.78 is 32.7. The molecule has 0 radical (unpaired) electrons. The molecular weight excluding hydrogens is 338 g/mol. The predicted molar refractivity (Wildman–Crippen MR) is 97.7 cm³/mol. The van der Waals surface area contributed by atoms with Crippen LogP contribution >= 0.6 is 0 Å². The molecule has 2 aromatic carbocycles. The molecule has 0 spiro atoms. The Morgan fingerprint density at radius 3 is 2.52 bits per heavy atom. The van der Waals surface area contributed by atoms with Crippen LogP contribution < -0.4 is 4.72 Å². The Hall–Kier alpha value is -2.60. The van der Waals surface area contributed by atoms with Crippen molar-refractivity contribution >= 4 is 27.8 Å². The fraction of sp³-hybridized carbons (Fsp3) is 0.211. The molecule has 25 heavy (non-hydrogen) atoms. The third kappa shape index (κ3) is 3.91. The van der Waals surface area contributed by atoms with Gasteiger partial charge >= 0.3 is 5.97 Å². The van der Waals surface area contributed by atoms with Crippen LogP contribution in [0.15, 0.2) is 53.4 Å². The Bertz CT molecular complexity index is 915. The summed E-state index contributed by atoms with van der Waals surface area (Å²) in [7, 11) is -3.63. The van der Waals surface area contributed by atoms with Gasteiger partial charge in [0, 0.05) is 5.69 Å². The topological polar surface area (TPSA) is 72.5 Å². The van der Waals surface area contributed by atoms with E-state index in [2.05, 4.69) is 4.72 Å². The van der Waals surface area contributed by atoms with Crippen molar-refractivity contribution in [3.05, 3.63) is 70.1 Å². The number of ether oxygens (including phenoxy) is 1. The van der Waals surface area contributed by atoms with E-state index in [1.54, 1.807) is 37.3 Å². The maximum atomic E-state index is 12.6. The van der Waals surface area contributed by atoms with Crippen molar-refractivity contribution < 1.29 is 17.9 Å². The Morgan fingerprint density at radius 2 is 1.80 bits per heavy atom. The summed E-state index contributed by atoms with van der Waals surface area (Å²) in [6.07, 6.45) is 2.88. The molecule has 5 nitrogen and oxygen atoms in total. The lowest BCUT2D eigenvalue weighted by molar-refractivity contribution is 0.0526. The smallest absolute Gasteiger partial charge is 0.338 e. The van der Waals surface area contributed by atoms with Gasteiger partial charge < -0.3 is 4.74 Å². The van der Waals surface area contributed by atoms with Crippen LogP contribution in [0.4, 0.5) is 5.69 Å². The Labute approximate surface area is 147 Å². The van der Waals surface area contributed by atoms with E-state index in [0.717, 1.165) is 11.1 Å². The fourth-order valence-corrected chi connectivity index (χ4v) is 3.96. The third-order valence-corrected chi connectivity index (χ3v) is 5.52. The third-order valence-electron chi connectivity index (χ3n) is 4.01. The number of carbonyl (C=O) groups is 1. The van der Waals surface area contributed by atoms with E-state index >= 15 is 0 Å². The minimum absolute atomic E-state index is 0.294. The quantitative estimate of drug-likeness (QED) is 0.830. The molecule has 0 aliphatic heterocycles. The molecule has 1 aliphatic rings. The first-order valence-corrected chi connectivity index (χ1v) is 9.56. The normalized spacial score (nSPS) is 13.6. The largest absolute Gasteiger partial charge is 0.462 e. The van der Waals surface area contributed by atoms with Crippen LogP contribution in [-0.4, -0.2) is 21.0 Å². The van der Waals surface area contributed by atoms with Crippen LogP contribution in [0, 0.1) is 0 Å².